The molecule has 1 N–H and O–H groups in total. The van der Waals surface area contributed by atoms with E-state index in [1.165, 1.54) is 5.01 Å². The van der Waals surface area contributed by atoms with Crippen LogP contribution in [0.4, 0.5) is 0 Å². The predicted molar refractivity (Wildman–Crippen MR) is 132 cm³/mol. The largest absolute Gasteiger partial charge is 0.497 e. The lowest BCUT2D eigenvalue weighted by Crippen LogP contribution is -2.38. The van der Waals surface area contributed by atoms with Crippen LogP contribution in [0.3, 0.4) is 0 Å². The molecule has 0 fully saturated rings. The number of guanidine groups is 1. The molecule has 0 bridgehead atoms. The second kappa shape index (κ2) is 13.6. The maximum atomic E-state index is 5.51. The summed E-state index contributed by atoms with van der Waals surface area (Å²) in [7, 11) is 5.39. The number of methoxy groups -OCH3 is 2. The van der Waals surface area contributed by atoms with Crippen molar-refractivity contribution in [2.45, 2.75) is 39.7 Å². The maximum absolute atomic E-state index is 5.51. The number of rotatable bonds is 10. The van der Waals surface area contributed by atoms with Crippen molar-refractivity contribution >= 4 is 41.3 Å². The van der Waals surface area contributed by atoms with E-state index in [0.717, 1.165) is 61.1 Å². The number of nitrogens with one attached hydrogen (secondary N) is 1. The molecule has 1 aromatic heterocycles. The van der Waals surface area contributed by atoms with Gasteiger partial charge in [0.25, 0.3) is 0 Å². The first kappa shape index (κ1) is 25.5. The van der Waals surface area contributed by atoms with Crippen molar-refractivity contribution in [1.82, 2.24) is 15.2 Å². The lowest BCUT2D eigenvalue weighted by molar-refractivity contribution is 0.382. The van der Waals surface area contributed by atoms with E-state index >= 15 is 0 Å². The molecular weight excluding hydrogens is 499 g/mol. The average molecular weight is 532 g/mol. The van der Waals surface area contributed by atoms with Gasteiger partial charge in [0.05, 0.1) is 19.2 Å². The quantitative estimate of drug-likeness (QED) is 0.211. The lowest BCUT2D eigenvalue weighted by Gasteiger charge is -2.23. The zero-order valence-electron chi connectivity index (χ0n) is 18.0. The first-order valence-corrected chi connectivity index (χ1v) is 10.6. The molecule has 2 aromatic rings. The molecule has 6 nitrogen and oxygen atoms in total. The monoisotopic (exact) mass is 532 g/mol. The lowest BCUT2D eigenvalue weighted by atomic mass is 10.2. The number of aryl methyl sites for hydroxylation is 2. The topological polar surface area (TPSA) is 59.0 Å². The molecule has 0 aliphatic carbocycles. The molecule has 0 saturated heterocycles. The van der Waals surface area contributed by atoms with Crippen molar-refractivity contribution in [2.24, 2.45) is 4.99 Å². The second-order valence-electron chi connectivity index (χ2n) is 6.61. The first-order valence-electron chi connectivity index (χ1n) is 9.68. The fraction of sp³-hybridized carbons (Fsp3) is 0.524. The molecule has 29 heavy (non-hydrogen) atoms. The van der Waals surface area contributed by atoms with Crippen molar-refractivity contribution in [1.29, 1.82) is 0 Å². The summed E-state index contributed by atoms with van der Waals surface area (Å²) in [5, 5.41) is 6.70. The number of aromatic nitrogens is 1. The summed E-state index contributed by atoms with van der Waals surface area (Å²) in [5.74, 6) is 2.52. The van der Waals surface area contributed by atoms with Crippen LogP contribution in [0.5, 0.6) is 11.5 Å². The molecule has 0 amide bonds. The zero-order chi connectivity index (χ0) is 20.4. The summed E-state index contributed by atoms with van der Waals surface area (Å²) < 4.78 is 10.8. The van der Waals surface area contributed by atoms with E-state index in [2.05, 4.69) is 27.5 Å². The zero-order valence-corrected chi connectivity index (χ0v) is 21.2. The fourth-order valence-electron chi connectivity index (χ4n) is 2.87. The summed E-state index contributed by atoms with van der Waals surface area (Å²) >= 11 is 1.75. The molecule has 0 radical (unpaired) electrons. The number of benzene rings is 1. The van der Waals surface area contributed by atoms with Crippen molar-refractivity contribution in [3.8, 4) is 11.5 Å². The summed E-state index contributed by atoms with van der Waals surface area (Å²) in [6.07, 6.45) is 3.18. The predicted octanol–water partition coefficient (Wildman–Crippen LogP) is 4.51. The Hall–Kier alpha value is -1.55. The smallest absolute Gasteiger partial charge is 0.193 e. The number of ether oxygens (including phenoxy) is 2. The van der Waals surface area contributed by atoms with Crippen LogP contribution in [0.15, 0.2) is 28.6 Å². The normalized spacial score (nSPS) is 11.0. The standard InChI is InChI=1S/C21H32N4O2S.HI/c1-6-22-21(23-12-8-7-9-20-24-16(2)15-28-20)25(3)14-17-10-11-18(26-4)13-19(17)27-5;/h10-11,13,15H,6-9,12,14H2,1-5H3,(H,22,23);1H. The van der Waals surface area contributed by atoms with Gasteiger partial charge in [0.1, 0.15) is 11.5 Å². The van der Waals surface area contributed by atoms with Gasteiger partial charge < -0.3 is 19.7 Å². The minimum absolute atomic E-state index is 0. The number of aliphatic imine (C=N–C) groups is 1. The van der Waals surface area contributed by atoms with Gasteiger partial charge in [0.15, 0.2) is 5.96 Å². The third kappa shape index (κ3) is 8.38. The Kier molecular flexibility index (Phi) is 12.0. The minimum Gasteiger partial charge on any atom is -0.497 e. The molecule has 1 aromatic carbocycles. The number of hydrogen-bond acceptors (Lipinski definition) is 5. The van der Waals surface area contributed by atoms with Crippen LogP contribution >= 0.6 is 35.3 Å². The Morgan fingerprint density at radius 1 is 1.24 bits per heavy atom. The Bertz CT molecular complexity index is 767. The number of nitrogens with zero attached hydrogens (tertiary/aromatic N) is 3. The van der Waals surface area contributed by atoms with Crippen LogP contribution in [0.2, 0.25) is 0 Å². The van der Waals surface area contributed by atoms with E-state index in [4.69, 9.17) is 14.5 Å². The Labute approximate surface area is 195 Å². The van der Waals surface area contributed by atoms with E-state index in [1.807, 2.05) is 32.2 Å². The molecule has 0 aliphatic rings. The van der Waals surface area contributed by atoms with E-state index in [9.17, 15) is 0 Å². The van der Waals surface area contributed by atoms with E-state index in [1.54, 1.807) is 25.6 Å². The summed E-state index contributed by atoms with van der Waals surface area (Å²) in [5.41, 5.74) is 2.21. The third-order valence-corrected chi connectivity index (χ3v) is 5.35. The molecule has 0 atom stereocenters. The molecule has 0 spiro atoms. The van der Waals surface area contributed by atoms with Gasteiger partial charge in [0, 0.05) is 49.4 Å². The van der Waals surface area contributed by atoms with Crippen molar-refractivity contribution < 1.29 is 9.47 Å². The van der Waals surface area contributed by atoms with Crippen LogP contribution in [-0.4, -0.2) is 50.2 Å². The van der Waals surface area contributed by atoms with Crippen molar-refractivity contribution in [3.63, 3.8) is 0 Å². The average Bonchev–Trinajstić information content (AvgIpc) is 3.12. The second-order valence-corrected chi connectivity index (χ2v) is 7.55. The fourth-order valence-corrected chi connectivity index (χ4v) is 3.69. The number of hydrogen-bond donors (Lipinski definition) is 1. The van der Waals surface area contributed by atoms with Gasteiger partial charge in [-0.1, -0.05) is 0 Å². The van der Waals surface area contributed by atoms with E-state index < -0.39 is 0 Å². The van der Waals surface area contributed by atoms with E-state index in [-0.39, 0.29) is 24.0 Å². The maximum Gasteiger partial charge on any atom is 0.193 e. The van der Waals surface area contributed by atoms with Crippen LogP contribution in [0.25, 0.3) is 0 Å². The molecule has 0 unspecified atom stereocenters. The van der Waals surface area contributed by atoms with Gasteiger partial charge in [0.2, 0.25) is 0 Å². The summed E-state index contributed by atoms with van der Waals surface area (Å²) in [4.78, 5) is 11.4. The highest BCUT2D eigenvalue weighted by molar-refractivity contribution is 14.0. The highest BCUT2D eigenvalue weighted by Gasteiger charge is 2.11. The minimum atomic E-state index is 0. The van der Waals surface area contributed by atoms with Crippen molar-refractivity contribution in [2.75, 3.05) is 34.4 Å². The van der Waals surface area contributed by atoms with Crippen LogP contribution < -0.4 is 14.8 Å². The SMILES string of the molecule is CCNC(=NCCCCc1nc(C)cs1)N(C)Cc1ccc(OC)cc1OC.I. The molecule has 8 heteroatoms. The van der Waals surface area contributed by atoms with Gasteiger partial charge in [-0.3, -0.25) is 4.99 Å². The van der Waals surface area contributed by atoms with Gasteiger partial charge >= 0.3 is 0 Å². The molecule has 2 rings (SSSR count). The highest BCUT2D eigenvalue weighted by Crippen LogP contribution is 2.25. The highest BCUT2D eigenvalue weighted by atomic mass is 127. The molecule has 1 heterocycles. The van der Waals surface area contributed by atoms with Gasteiger partial charge in [-0.15, -0.1) is 35.3 Å². The molecule has 162 valence electrons. The van der Waals surface area contributed by atoms with Crippen LogP contribution in [0, 0.1) is 6.92 Å². The number of halogens is 1. The molecule has 0 aliphatic heterocycles. The summed E-state index contributed by atoms with van der Waals surface area (Å²) in [6.45, 7) is 6.47. The molecular formula is C21H33IN4O2S. The van der Waals surface area contributed by atoms with Gasteiger partial charge in [-0.25, -0.2) is 4.98 Å². The molecule has 0 saturated carbocycles. The van der Waals surface area contributed by atoms with Gasteiger partial charge in [-0.05, 0) is 45.2 Å². The Morgan fingerprint density at radius 2 is 2.03 bits per heavy atom. The van der Waals surface area contributed by atoms with Gasteiger partial charge in [-0.2, -0.15) is 0 Å². The van der Waals surface area contributed by atoms with Crippen molar-refractivity contribution in [3.05, 3.63) is 39.8 Å². The first-order chi connectivity index (χ1) is 13.6. The van der Waals surface area contributed by atoms with E-state index in [0.29, 0.717) is 6.54 Å². The third-order valence-electron chi connectivity index (χ3n) is 4.33. The van der Waals surface area contributed by atoms with Crippen LogP contribution in [0.1, 0.15) is 36.0 Å². The number of thiazole rings is 1. The van der Waals surface area contributed by atoms with Crippen LogP contribution in [-0.2, 0) is 13.0 Å². The Morgan fingerprint density at radius 3 is 2.66 bits per heavy atom. The Balaban J connectivity index is 0.00000420. The number of unbranched alkanes of at least 4 members (excludes halogenated alkanes) is 1. The summed E-state index contributed by atoms with van der Waals surface area (Å²) in [6, 6.07) is 5.90.